The molecule has 2 nitrogen and oxygen atoms in total. The molecule has 0 amide bonds. The van der Waals surface area contributed by atoms with Gasteiger partial charge in [-0.1, -0.05) is 37.5 Å². The van der Waals surface area contributed by atoms with E-state index in [9.17, 15) is 0 Å². The zero-order valence-electron chi connectivity index (χ0n) is 11.8. The van der Waals surface area contributed by atoms with Crippen molar-refractivity contribution in [3.63, 3.8) is 0 Å². The van der Waals surface area contributed by atoms with Gasteiger partial charge in [-0.05, 0) is 37.3 Å². The van der Waals surface area contributed by atoms with E-state index in [0.29, 0.717) is 6.04 Å². The summed E-state index contributed by atoms with van der Waals surface area (Å²) in [7, 11) is 0. The fourth-order valence-electron chi connectivity index (χ4n) is 3.49. The molecule has 102 valence electrons. The average Bonchev–Trinajstić information content (AvgIpc) is 2.76. The van der Waals surface area contributed by atoms with Crippen LogP contribution in [0.1, 0.15) is 50.8 Å². The predicted molar refractivity (Wildman–Crippen MR) is 81.4 cm³/mol. The Hall–Kier alpha value is -1.28. The number of hydrogen-bond donors (Lipinski definition) is 1. The summed E-state index contributed by atoms with van der Waals surface area (Å²) >= 11 is 0. The van der Waals surface area contributed by atoms with E-state index < -0.39 is 0 Å². The van der Waals surface area contributed by atoms with Gasteiger partial charge in [0.1, 0.15) is 0 Å². The van der Waals surface area contributed by atoms with Crippen LogP contribution in [0.4, 0.5) is 0 Å². The number of aromatic nitrogens is 1. The summed E-state index contributed by atoms with van der Waals surface area (Å²) in [5.74, 6) is 0. The van der Waals surface area contributed by atoms with Crippen LogP contribution in [0.5, 0.6) is 0 Å². The Labute approximate surface area is 115 Å². The highest BCUT2D eigenvalue weighted by atomic mass is 15.0. The molecule has 1 aromatic carbocycles. The molecule has 0 saturated heterocycles. The molecule has 2 N–H and O–H groups in total. The average molecular weight is 256 g/mol. The van der Waals surface area contributed by atoms with E-state index in [1.54, 1.807) is 0 Å². The molecular weight excluding hydrogens is 232 g/mol. The van der Waals surface area contributed by atoms with Crippen LogP contribution in [-0.2, 0) is 6.42 Å². The second kappa shape index (κ2) is 5.38. The number of nitrogens with two attached hydrogens (primary N) is 1. The third-order valence-electron chi connectivity index (χ3n) is 4.30. The summed E-state index contributed by atoms with van der Waals surface area (Å²) in [6, 6.07) is 12.0. The first-order valence-electron chi connectivity index (χ1n) is 7.60. The van der Waals surface area contributed by atoms with E-state index >= 15 is 0 Å². The molecule has 0 aliphatic heterocycles. The van der Waals surface area contributed by atoms with Crippen molar-refractivity contribution in [1.29, 1.82) is 0 Å². The minimum absolute atomic E-state index is 0.228. The number of benzene rings is 1. The molecule has 1 unspecified atom stereocenters. The molecule has 19 heavy (non-hydrogen) atoms. The molecule has 0 spiro atoms. The van der Waals surface area contributed by atoms with E-state index in [-0.39, 0.29) is 6.04 Å². The fourth-order valence-corrected chi connectivity index (χ4v) is 3.49. The first-order valence-corrected chi connectivity index (χ1v) is 7.60. The van der Waals surface area contributed by atoms with Gasteiger partial charge in [0.2, 0.25) is 0 Å². The fraction of sp³-hybridized carbons (Fsp3) is 0.529. The van der Waals surface area contributed by atoms with Gasteiger partial charge in [0, 0.05) is 29.7 Å². The lowest BCUT2D eigenvalue weighted by Gasteiger charge is -2.27. The first kappa shape index (κ1) is 12.7. The smallest absolute Gasteiger partial charge is 0.0485 e. The molecule has 1 atom stereocenters. The van der Waals surface area contributed by atoms with Gasteiger partial charge in [0.25, 0.3) is 0 Å². The number of nitrogens with zero attached hydrogens (tertiary/aromatic N) is 1. The molecule has 3 rings (SSSR count). The summed E-state index contributed by atoms with van der Waals surface area (Å²) in [5.41, 5.74) is 8.84. The zero-order chi connectivity index (χ0) is 13.2. The van der Waals surface area contributed by atoms with Gasteiger partial charge in [-0.3, -0.25) is 0 Å². The predicted octanol–water partition coefficient (Wildman–Crippen LogP) is 4.04. The first-order chi connectivity index (χ1) is 9.25. The summed E-state index contributed by atoms with van der Waals surface area (Å²) in [6.07, 6.45) is 7.77. The van der Waals surface area contributed by atoms with Gasteiger partial charge in [-0.15, -0.1) is 0 Å². The van der Waals surface area contributed by atoms with Crippen LogP contribution < -0.4 is 5.73 Å². The maximum Gasteiger partial charge on any atom is 0.0485 e. The largest absolute Gasteiger partial charge is 0.341 e. The normalized spacial score (nSPS) is 18.8. The third-order valence-corrected chi connectivity index (χ3v) is 4.30. The van der Waals surface area contributed by atoms with Crippen LogP contribution in [0.2, 0.25) is 0 Å². The summed E-state index contributed by atoms with van der Waals surface area (Å²) in [4.78, 5) is 0. The van der Waals surface area contributed by atoms with E-state index in [4.69, 9.17) is 5.73 Å². The van der Waals surface area contributed by atoms with Crippen LogP contribution >= 0.6 is 0 Å². The van der Waals surface area contributed by atoms with Gasteiger partial charge in [-0.25, -0.2) is 0 Å². The lowest BCUT2D eigenvalue weighted by Crippen LogP contribution is -2.22. The van der Waals surface area contributed by atoms with Gasteiger partial charge in [0.15, 0.2) is 0 Å². The molecule has 1 saturated carbocycles. The highest BCUT2D eigenvalue weighted by molar-refractivity contribution is 5.81. The highest BCUT2D eigenvalue weighted by Gasteiger charge is 2.20. The summed E-state index contributed by atoms with van der Waals surface area (Å²) < 4.78 is 2.58. The molecule has 2 heteroatoms. The van der Waals surface area contributed by atoms with Crippen molar-refractivity contribution in [2.75, 3.05) is 0 Å². The minimum atomic E-state index is 0.228. The summed E-state index contributed by atoms with van der Waals surface area (Å²) in [5, 5.41) is 1.36. The highest BCUT2D eigenvalue weighted by Crippen LogP contribution is 2.33. The Morgan fingerprint density at radius 3 is 2.68 bits per heavy atom. The van der Waals surface area contributed by atoms with E-state index in [1.807, 2.05) is 0 Å². The minimum Gasteiger partial charge on any atom is -0.341 e. The van der Waals surface area contributed by atoms with E-state index in [2.05, 4.69) is 41.8 Å². The third kappa shape index (κ3) is 2.55. The number of rotatable bonds is 3. The second-order valence-electron chi connectivity index (χ2n) is 6.04. The maximum atomic E-state index is 6.03. The van der Waals surface area contributed by atoms with Gasteiger partial charge in [-0.2, -0.15) is 0 Å². The molecule has 1 fully saturated rings. The summed E-state index contributed by atoms with van der Waals surface area (Å²) in [6.45, 7) is 2.10. The Morgan fingerprint density at radius 1 is 1.21 bits per heavy atom. The van der Waals surface area contributed by atoms with Crippen LogP contribution in [0, 0.1) is 0 Å². The molecular formula is C17H24N2. The quantitative estimate of drug-likeness (QED) is 0.883. The number of hydrogen-bond acceptors (Lipinski definition) is 1. The van der Waals surface area contributed by atoms with Crippen molar-refractivity contribution >= 4 is 10.9 Å². The van der Waals surface area contributed by atoms with Crippen LogP contribution in [0.25, 0.3) is 10.9 Å². The Morgan fingerprint density at radius 2 is 1.95 bits per heavy atom. The maximum absolute atomic E-state index is 6.03. The van der Waals surface area contributed by atoms with Gasteiger partial charge < -0.3 is 10.3 Å². The lowest BCUT2D eigenvalue weighted by atomic mass is 9.95. The number of fused-ring (bicyclic) bond motifs is 1. The van der Waals surface area contributed by atoms with E-state index in [0.717, 1.165) is 6.42 Å². The molecule has 0 radical (unpaired) electrons. The van der Waals surface area contributed by atoms with Crippen LogP contribution in [0.3, 0.4) is 0 Å². The van der Waals surface area contributed by atoms with Crippen molar-refractivity contribution in [3.8, 4) is 0 Å². The SMILES string of the molecule is CC(N)Cc1cc2ccccc2n1C1CCCCC1. The Bertz CT molecular complexity index is 547. The molecule has 2 aromatic rings. The van der Waals surface area contributed by atoms with Crippen molar-refractivity contribution < 1.29 is 0 Å². The Balaban J connectivity index is 2.06. The van der Waals surface area contributed by atoms with Crippen molar-refractivity contribution in [1.82, 2.24) is 4.57 Å². The van der Waals surface area contributed by atoms with Crippen molar-refractivity contribution in [3.05, 3.63) is 36.0 Å². The molecule has 0 bridgehead atoms. The Kier molecular flexibility index (Phi) is 3.61. The van der Waals surface area contributed by atoms with Crippen LogP contribution in [0.15, 0.2) is 30.3 Å². The lowest BCUT2D eigenvalue weighted by molar-refractivity contribution is 0.353. The second-order valence-corrected chi connectivity index (χ2v) is 6.04. The van der Waals surface area contributed by atoms with Gasteiger partial charge in [0.05, 0.1) is 0 Å². The monoisotopic (exact) mass is 256 g/mol. The van der Waals surface area contributed by atoms with Crippen molar-refractivity contribution in [2.24, 2.45) is 5.73 Å². The number of para-hydroxylation sites is 1. The molecule has 1 aliphatic rings. The molecule has 1 aliphatic carbocycles. The van der Waals surface area contributed by atoms with Crippen LogP contribution in [-0.4, -0.2) is 10.6 Å². The topological polar surface area (TPSA) is 30.9 Å². The standard InChI is InChI=1S/C17H24N2/c1-13(18)11-16-12-14-7-5-6-10-17(14)19(16)15-8-3-2-4-9-15/h5-7,10,12-13,15H,2-4,8-9,11,18H2,1H3. The van der Waals surface area contributed by atoms with Gasteiger partial charge >= 0.3 is 0 Å². The van der Waals surface area contributed by atoms with E-state index in [1.165, 1.54) is 48.7 Å². The molecule has 1 aromatic heterocycles. The zero-order valence-corrected chi connectivity index (χ0v) is 11.8. The van der Waals surface area contributed by atoms with Crippen molar-refractivity contribution in [2.45, 2.75) is 57.5 Å². The molecule has 1 heterocycles.